The number of pyridine rings is 1. The number of hydrogen-bond acceptors (Lipinski definition) is 5. The minimum atomic E-state index is 0.439. The van der Waals surface area contributed by atoms with E-state index in [2.05, 4.69) is 46.8 Å². The zero-order valence-corrected chi connectivity index (χ0v) is 14.9. The number of aromatic nitrogens is 3. The molecule has 1 aliphatic heterocycles. The molecule has 5 nitrogen and oxygen atoms in total. The van der Waals surface area contributed by atoms with Crippen LogP contribution in [0, 0.1) is 6.92 Å². The Morgan fingerprint density at radius 3 is 2.50 bits per heavy atom. The summed E-state index contributed by atoms with van der Waals surface area (Å²) in [6.45, 7) is 4.17. The first kappa shape index (κ1) is 16.7. The van der Waals surface area contributed by atoms with Crippen LogP contribution in [0.2, 0.25) is 0 Å². The van der Waals surface area contributed by atoms with Gasteiger partial charge in [0.25, 0.3) is 0 Å². The first-order valence-electron chi connectivity index (χ1n) is 9.13. The van der Waals surface area contributed by atoms with Crippen LogP contribution in [0.15, 0.2) is 54.7 Å². The number of hydrogen-bond donors (Lipinski definition) is 2. The van der Waals surface area contributed by atoms with Gasteiger partial charge in [-0.3, -0.25) is 4.98 Å². The second-order valence-corrected chi connectivity index (χ2v) is 6.71. The number of benzene rings is 1. The maximum atomic E-state index is 4.78. The summed E-state index contributed by atoms with van der Waals surface area (Å²) >= 11 is 0. The smallest absolute Gasteiger partial charge is 0.162 e. The van der Waals surface area contributed by atoms with Crippen LogP contribution in [-0.2, 0) is 0 Å². The van der Waals surface area contributed by atoms with E-state index in [0.29, 0.717) is 6.04 Å². The van der Waals surface area contributed by atoms with Crippen LogP contribution in [0.1, 0.15) is 18.4 Å². The van der Waals surface area contributed by atoms with Crippen molar-refractivity contribution in [1.82, 2.24) is 20.3 Å². The quantitative estimate of drug-likeness (QED) is 0.755. The zero-order chi connectivity index (χ0) is 17.8. The molecule has 0 unspecified atom stereocenters. The van der Waals surface area contributed by atoms with E-state index < -0.39 is 0 Å². The Morgan fingerprint density at radius 1 is 0.962 bits per heavy atom. The maximum absolute atomic E-state index is 4.78. The van der Waals surface area contributed by atoms with Gasteiger partial charge in [-0.05, 0) is 45.0 Å². The van der Waals surface area contributed by atoms with Crippen molar-refractivity contribution in [2.24, 2.45) is 0 Å². The molecule has 26 heavy (non-hydrogen) atoms. The number of piperidine rings is 1. The van der Waals surface area contributed by atoms with Gasteiger partial charge in [0.05, 0.1) is 11.4 Å². The Hall–Kier alpha value is -2.79. The molecule has 0 aliphatic carbocycles. The molecule has 1 aromatic carbocycles. The van der Waals surface area contributed by atoms with Crippen LogP contribution in [0.5, 0.6) is 0 Å². The number of rotatable bonds is 4. The second-order valence-electron chi connectivity index (χ2n) is 6.71. The standard InChI is InChI=1S/C21H23N5/c1-15-5-7-16(8-6-15)21-25-19(18-4-2-3-11-23-18)14-20(26-21)24-17-9-12-22-13-10-17/h2-8,11,14,17,22H,9-10,12-13H2,1H3,(H,24,25,26). The summed E-state index contributed by atoms with van der Waals surface area (Å²) in [5, 5.41) is 6.99. The van der Waals surface area contributed by atoms with E-state index in [0.717, 1.165) is 54.5 Å². The molecule has 4 rings (SSSR count). The Labute approximate surface area is 153 Å². The van der Waals surface area contributed by atoms with Crippen molar-refractivity contribution in [1.29, 1.82) is 0 Å². The SMILES string of the molecule is Cc1ccc(-c2nc(NC3CCNCC3)cc(-c3ccccn3)n2)cc1. The van der Waals surface area contributed by atoms with E-state index in [1.807, 2.05) is 24.3 Å². The van der Waals surface area contributed by atoms with E-state index in [1.54, 1.807) is 6.20 Å². The molecule has 2 N–H and O–H groups in total. The summed E-state index contributed by atoms with van der Waals surface area (Å²) < 4.78 is 0. The third-order valence-corrected chi connectivity index (χ3v) is 4.65. The van der Waals surface area contributed by atoms with Crippen molar-refractivity contribution in [2.75, 3.05) is 18.4 Å². The van der Waals surface area contributed by atoms with Gasteiger partial charge in [-0.1, -0.05) is 35.9 Å². The highest BCUT2D eigenvalue weighted by Gasteiger charge is 2.15. The number of nitrogens with zero attached hydrogens (tertiary/aromatic N) is 3. The Morgan fingerprint density at radius 2 is 1.77 bits per heavy atom. The average molecular weight is 345 g/mol. The molecule has 0 amide bonds. The van der Waals surface area contributed by atoms with Gasteiger partial charge in [0.1, 0.15) is 5.82 Å². The lowest BCUT2D eigenvalue weighted by Gasteiger charge is -2.24. The number of anilines is 1. The van der Waals surface area contributed by atoms with Crippen molar-refractivity contribution in [3.05, 3.63) is 60.3 Å². The van der Waals surface area contributed by atoms with Gasteiger partial charge in [0.2, 0.25) is 0 Å². The normalized spacial score (nSPS) is 15.0. The molecule has 0 spiro atoms. The molecule has 132 valence electrons. The predicted molar refractivity (Wildman–Crippen MR) is 105 cm³/mol. The molecule has 1 fully saturated rings. The van der Waals surface area contributed by atoms with Crippen LogP contribution in [0.4, 0.5) is 5.82 Å². The molecule has 0 atom stereocenters. The minimum Gasteiger partial charge on any atom is -0.367 e. The summed E-state index contributed by atoms with van der Waals surface area (Å²) in [6, 6.07) is 16.6. The molecule has 5 heteroatoms. The third-order valence-electron chi connectivity index (χ3n) is 4.65. The summed E-state index contributed by atoms with van der Waals surface area (Å²) in [7, 11) is 0. The molecular formula is C21H23N5. The van der Waals surface area contributed by atoms with E-state index in [4.69, 9.17) is 9.97 Å². The van der Waals surface area contributed by atoms with Crippen molar-refractivity contribution in [3.63, 3.8) is 0 Å². The van der Waals surface area contributed by atoms with Crippen LogP contribution in [0.3, 0.4) is 0 Å². The monoisotopic (exact) mass is 345 g/mol. The lowest BCUT2D eigenvalue weighted by molar-refractivity contribution is 0.478. The van der Waals surface area contributed by atoms with Crippen molar-refractivity contribution in [3.8, 4) is 22.8 Å². The van der Waals surface area contributed by atoms with Crippen LogP contribution < -0.4 is 10.6 Å². The van der Waals surface area contributed by atoms with Gasteiger partial charge in [-0.15, -0.1) is 0 Å². The summed E-state index contributed by atoms with van der Waals surface area (Å²) in [4.78, 5) is 14.0. The number of nitrogens with one attached hydrogen (secondary N) is 2. The fraction of sp³-hybridized carbons (Fsp3) is 0.286. The van der Waals surface area contributed by atoms with Crippen molar-refractivity contribution in [2.45, 2.75) is 25.8 Å². The zero-order valence-electron chi connectivity index (χ0n) is 14.9. The van der Waals surface area contributed by atoms with E-state index in [9.17, 15) is 0 Å². The molecule has 1 aliphatic rings. The summed E-state index contributed by atoms with van der Waals surface area (Å²) in [5.74, 6) is 1.59. The Bertz CT molecular complexity index is 855. The Balaban J connectivity index is 1.72. The highest BCUT2D eigenvalue weighted by molar-refractivity contribution is 5.65. The highest BCUT2D eigenvalue weighted by Crippen LogP contribution is 2.24. The van der Waals surface area contributed by atoms with Gasteiger partial charge in [0, 0.05) is 23.9 Å². The molecular weight excluding hydrogens is 322 g/mol. The number of aryl methyl sites for hydroxylation is 1. The predicted octanol–water partition coefficient (Wildman–Crippen LogP) is 3.68. The molecule has 2 aromatic heterocycles. The van der Waals surface area contributed by atoms with Crippen LogP contribution >= 0.6 is 0 Å². The van der Waals surface area contributed by atoms with Gasteiger partial charge in [0.15, 0.2) is 5.82 Å². The lowest BCUT2D eigenvalue weighted by atomic mass is 10.1. The van der Waals surface area contributed by atoms with Crippen molar-refractivity contribution < 1.29 is 0 Å². The summed E-state index contributed by atoms with van der Waals surface area (Å²) in [5.41, 5.74) is 3.94. The average Bonchev–Trinajstić information content (AvgIpc) is 2.70. The Kier molecular flexibility index (Phi) is 4.88. The van der Waals surface area contributed by atoms with Gasteiger partial charge in [-0.25, -0.2) is 9.97 Å². The topological polar surface area (TPSA) is 62.7 Å². The summed E-state index contributed by atoms with van der Waals surface area (Å²) in [6.07, 6.45) is 3.99. The minimum absolute atomic E-state index is 0.439. The largest absolute Gasteiger partial charge is 0.367 e. The third kappa shape index (κ3) is 3.89. The first-order chi connectivity index (χ1) is 12.8. The molecule has 0 radical (unpaired) electrons. The molecule has 0 bridgehead atoms. The van der Waals surface area contributed by atoms with Gasteiger partial charge in [-0.2, -0.15) is 0 Å². The molecule has 3 aromatic rings. The van der Waals surface area contributed by atoms with Gasteiger partial charge < -0.3 is 10.6 Å². The molecule has 1 saturated heterocycles. The second kappa shape index (κ2) is 7.62. The van der Waals surface area contributed by atoms with Crippen LogP contribution in [0.25, 0.3) is 22.8 Å². The van der Waals surface area contributed by atoms with E-state index >= 15 is 0 Å². The molecule has 0 saturated carbocycles. The fourth-order valence-corrected chi connectivity index (χ4v) is 3.17. The van der Waals surface area contributed by atoms with Crippen molar-refractivity contribution >= 4 is 5.82 Å². The highest BCUT2D eigenvalue weighted by atomic mass is 15.1. The van der Waals surface area contributed by atoms with Gasteiger partial charge >= 0.3 is 0 Å². The first-order valence-corrected chi connectivity index (χ1v) is 9.13. The van der Waals surface area contributed by atoms with E-state index in [1.165, 1.54) is 5.56 Å². The lowest BCUT2D eigenvalue weighted by Crippen LogP contribution is -2.35. The fourth-order valence-electron chi connectivity index (χ4n) is 3.17. The maximum Gasteiger partial charge on any atom is 0.162 e. The van der Waals surface area contributed by atoms with Crippen LogP contribution in [-0.4, -0.2) is 34.1 Å². The van der Waals surface area contributed by atoms with E-state index in [-0.39, 0.29) is 0 Å². The molecule has 3 heterocycles.